The molecule has 3 heterocycles. The molecule has 2 N–H and O–H groups in total. The maximum atomic E-state index is 13.1. The molecule has 0 bridgehead atoms. The van der Waals surface area contributed by atoms with Crippen molar-refractivity contribution >= 4 is 16.7 Å². The van der Waals surface area contributed by atoms with E-state index < -0.39 is 6.10 Å². The van der Waals surface area contributed by atoms with E-state index in [1.807, 2.05) is 12.3 Å². The summed E-state index contributed by atoms with van der Waals surface area (Å²) in [5.41, 5.74) is 0.979. The first kappa shape index (κ1) is 16.5. The monoisotopic (exact) mass is 368 g/mol. The molecule has 3 aromatic rings. The van der Waals surface area contributed by atoms with E-state index in [-0.39, 0.29) is 11.9 Å². The van der Waals surface area contributed by atoms with Crippen molar-refractivity contribution in [2.75, 3.05) is 18.0 Å². The van der Waals surface area contributed by atoms with Crippen LogP contribution in [0.3, 0.4) is 0 Å². The molecular weight excluding hydrogens is 347 g/mol. The van der Waals surface area contributed by atoms with Gasteiger partial charge in [-0.2, -0.15) is 5.10 Å². The molecule has 27 heavy (non-hydrogen) atoms. The average Bonchev–Trinajstić information content (AvgIpc) is 3.30. The fourth-order valence-corrected chi connectivity index (χ4v) is 4.48. The van der Waals surface area contributed by atoms with Gasteiger partial charge in [0.25, 0.3) is 0 Å². The van der Waals surface area contributed by atoms with Gasteiger partial charge in [0.1, 0.15) is 23.5 Å². The molecule has 2 aromatic heterocycles. The third-order valence-corrected chi connectivity index (χ3v) is 5.83. The predicted molar refractivity (Wildman–Crippen MR) is 99.1 cm³/mol. The van der Waals surface area contributed by atoms with Gasteiger partial charge in [0.2, 0.25) is 0 Å². The van der Waals surface area contributed by atoms with E-state index in [0.717, 1.165) is 36.2 Å². The van der Waals surface area contributed by atoms with Crippen molar-refractivity contribution in [1.29, 1.82) is 0 Å². The summed E-state index contributed by atoms with van der Waals surface area (Å²) in [5, 5.41) is 18.7. The van der Waals surface area contributed by atoms with Crippen LogP contribution in [-0.4, -0.2) is 45.6 Å². The maximum Gasteiger partial charge on any atom is 0.139 e. The molecule has 0 radical (unpaired) electrons. The summed E-state index contributed by atoms with van der Waals surface area (Å²) >= 11 is 0. The number of rotatable bonds is 3. The van der Waals surface area contributed by atoms with Crippen LogP contribution in [-0.2, 0) is 0 Å². The summed E-state index contributed by atoms with van der Waals surface area (Å²) in [5.74, 6) is 2.10. The fraction of sp³-hybridized carbons (Fsp3) is 0.400. The molecule has 2 fully saturated rings. The van der Waals surface area contributed by atoms with E-state index in [4.69, 9.17) is 4.74 Å². The number of aliphatic hydroxyl groups excluding tert-OH is 1. The number of nitrogens with one attached hydrogen (secondary N) is 1. The van der Waals surface area contributed by atoms with Gasteiger partial charge in [-0.05, 0) is 55.0 Å². The minimum atomic E-state index is -0.520. The zero-order valence-corrected chi connectivity index (χ0v) is 14.8. The predicted octanol–water partition coefficient (Wildman–Crippen LogP) is 2.75. The molecule has 1 aromatic carbocycles. The van der Waals surface area contributed by atoms with Crippen molar-refractivity contribution in [2.24, 2.45) is 11.8 Å². The lowest BCUT2D eigenvalue weighted by Crippen LogP contribution is -2.42. The Bertz CT molecular complexity index is 945. The largest absolute Gasteiger partial charge is 0.488 e. The topological polar surface area (TPSA) is 74.3 Å². The summed E-state index contributed by atoms with van der Waals surface area (Å²) < 4.78 is 19.1. The number of pyridine rings is 1. The molecule has 1 aliphatic heterocycles. The molecule has 140 valence electrons. The van der Waals surface area contributed by atoms with E-state index in [1.165, 1.54) is 12.1 Å². The first-order valence-electron chi connectivity index (χ1n) is 9.30. The van der Waals surface area contributed by atoms with Crippen LogP contribution >= 0.6 is 0 Å². The van der Waals surface area contributed by atoms with Gasteiger partial charge in [0.15, 0.2) is 0 Å². The van der Waals surface area contributed by atoms with Gasteiger partial charge in [-0.1, -0.05) is 0 Å². The number of aromatic amines is 1. The lowest BCUT2D eigenvalue weighted by Gasteiger charge is -2.35. The van der Waals surface area contributed by atoms with Crippen molar-refractivity contribution in [3.63, 3.8) is 0 Å². The van der Waals surface area contributed by atoms with Gasteiger partial charge in [-0.25, -0.2) is 9.37 Å². The molecule has 0 amide bonds. The highest BCUT2D eigenvalue weighted by Gasteiger charge is 2.43. The molecule has 1 aliphatic carbocycles. The minimum Gasteiger partial charge on any atom is -0.488 e. The first-order valence-corrected chi connectivity index (χ1v) is 9.30. The van der Waals surface area contributed by atoms with Crippen LogP contribution in [0.25, 0.3) is 10.9 Å². The fourth-order valence-electron chi connectivity index (χ4n) is 4.48. The quantitative estimate of drug-likeness (QED) is 0.744. The molecule has 0 unspecified atom stereocenters. The molecule has 1 saturated heterocycles. The van der Waals surface area contributed by atoms with Gasteiger partial charge in [0.05, 0.1) is 23.2 Å². The lowest BCUT2D eigenvalue weighted by molar-refractivity contribution is -0.0231. The Balaban J connectivity index is 1.32. The number of anilines is 1. The zero-order valence-electron chi connectivity index (χ0n) is 14.8. The number of H-pyrrole nitrogens is 1. The third kappa shape index (κ3) is 3.02. The number of halogens is 1. The Morgan fingerprint density at radius 1 is 1.11 bits per heavy atom. The van der Waals surface area contributed by atoms with E-state index in [0.29, 0.717) is 24.0 Å². The zero-order chi connectivity index (χ0) is 18.4. The molecule has 5 rings (SSSR count). The Labute approximate surface area is 156 Å². The van der Waals surface area contributed by atoms with Gasteiger partial charge in [-0.15, -0.1) is 0 Å². The second-order valence-corrected chi connectivity index (χ2v) is 7.54. The lowest BCUT2D eigenvalue weighted by atomic mass is 9.78. The maximum absolute atomic E-state index is 13.1. The normalized spacial score (nSPS) is 27.7. The summed E-state index contributed by atoms with van der Waals surface area (Å²) in [4.78, 5) is 6.86. The minimum absolute atomic E-state index is 0.269. The molecule has 4 atom stereocenters. The van der Waals surface area contributed by atoms with Crippen LogP contribution < -0.4 is 9.64 Å². The molecule has 1 saturated carbocycles. The van der Waals surface area contributed by atoms with E-state index in [1.54, 1.807) is 18.3 Å². The highest BCUT2D eigenvalue weighted by molar-refractivity contribution is 5.89. The molecule has 6 nitrogen and oxygen atoms in total. The standard InChI is InChI=1S/C20H21FN4O2/c21-14-1-3-15(4-2-14)27-19-8-13-11-25(10-12(13)7-18(19)26)20-16-9-23-24-17(16)5-6-22-20/h1-6,9,12-13,18-19,26H,7-8,10-11H2,(H,23,24)/t12-,13+,18+,19+/m0/s1. The van der Waals surface area contributed by atoms with Gasteiger partial charge in [0, 0.05) is 19.3 Å². The Morgan fingerprint density at radius 2 is 1.89 bits per heavy atom. The third-order valence-electron chi connectivity index (χ3n) is 5.83. The average molecular weight is 368 g/mol. The van der Waals surface area contributed by atoms with Crippen molar-refractivity contribution < 1.29 is 14.2 Å². The SMILES string of the molecule is O[C@@H]1C[C@H]2CN(c3nccc4[nH]ncc34)C[C@H]2C[C@H]1Oc1ccc(F)cc1. The van der Waals surface area contributed by atoms with Gasteiger partial charge in [-0.3, -0.25) is 5.10 Å². The Kier molecular flexibility index (Phi) is 3.97. The molecule has 7 heteroatoms. The number of aromatic nitrogens is 3. The second-order valence-electron chi connectivity index (χ2n) is 7.54. The molecular formula is C20H21FN4O2. The number of fused-ring (bicyclic) bond motifs is 2. The van der Waals surface area contributed by atoms with Crippen molar-refractivity contribution in [2.45, 2.75) is 25.0 Å². The number of aliphatic hydroxyl groups is 1. The Hall–Kier alpha value is -2.67. The summed E-state index contributed by atoms with van der Waals surface area (Å²) in [6, 6.07) is 7.90. The van der Waals surface area contributed by atoms with Gasteiger partial charge >= 0.3 is 0 Å². The Morgan fingerprint density at radius 3 is 2.70 bits per heavy atom. The van der Waals surface area contributed by atoms with E-state index in [2.05, 4.69) is 20.1 Å². The number of nitrogens with zero attached hydrogens (tertiary/aromatic N) is 3. The smallest absolute Gasteiger partial charge is 0.139 e. The van der Waals surface area contributed by atoms with Crippen LogP contribution in [0, 0.1) is 17.7 Å². The second kappa shape index (κ2) is 6.49. The first-order chi connectivity index (χ1) is 13.2. The molecule has 2 aliphatic rings. The van der Waals surface area contributed by atoms with Crippen LogP contribution in [0.1, 0.15) is 12.8 Å². The number of benzene rings is 1. The summed E-state index contributed by atoms with van der Waals surface area (Å²) in [7, 11) is 0. The van der Waals surface area contributed by atoms with E-state index >= 15 is 0 Å². The number of hydrogen-bond donors (Lipinski definition) is 2. The van der Waals surface area contributed by atoms with Crippen LogP contribution in [0.5, 0.6) is 5.75 Å². The summed E-state index contributed by atoms with van der Waals surface area (Å²) in [6.07, 6.45) is 4.31. The van der Waals surface area contributed by atoms with Gasteiger partial charge < -0.3 is 14.7 Å². The highest BCUT2D eigenvalue weighted by Crippen LogP contribution is 2.40. The summed E-state index contributed by atoms with van der Waals surface area (Å²) in [6.45, 7) is 1.76. The number of hydrogen-bond acceptors (Lipinski definition) is 5. The van der Waals surface area contributed by atoms with Crippen LogP contribution in [0.4, 0.5) is 10.2 Å². The van der Waals surface area contributed by atoms with Crippen LogP contribution in [0.2, 0.25) is 0 Å². The number of ether oxygens (including phenoxy) is 1. The van der Waals surface area contributed by atoms with Crippen molar-refractivity contribution in [3.8, 4) is 5.75 Å². The van der Waals surface area contributed by atoms with Crippen molar-refractivity contribution in [1.82, 2.24) is 15.2 Å². The molecule has 0 spiro atoms. The van der Waals surface area contributed by atoms with Crippen LogP contribution in [0.15, 0.2) is 42.7 Å². The van der Waals surface area contributed by atoms with Crippen molar-refractivity contribution in [3.05, 3.63) is 48.5 Å². The van der Waals surface area contributed by atoms with E-state index in [9.17, 15) is 9.50 Å². The highest BCUT2D eigenvalue weighted by atomic mass is 19.1.